The predicted molar refractivity (Wildman–Crippen MR) is 58.1 cm³/mol. The highest BCUT2D eigenvalue weighted by Gasteiger charge is 2.15. The van der Waals surface area contributed by atoms with Gasteiger partial charge in [0.05, 0.1) is 10.7 Å². The lowest BCUT2D eigenvalue weighted by atomic mass is 10.1. The molecule has 0 aliphatic rings. The number of rotatable bonds is 1. The summed E-state index contributed by atoms with van der Waals surface area (Å²) in [6.07, 6.45) is 0. The number of hydrogen-bond donors (Lipinski definition) is 2. The summed E-state index contributed by atoms with van der Waals surface area (Å²) >= 11 is 5.45. The SMILES string of the molecule is Cc1c(N)n[nH]c1-c1cc(F)c(Cl)cc1F. The lowest BCUT2D eigenvalue weighted by molar-refractivity contribution is 0.603. The Kier molecular flexibility index (Phi) is 2.55. The molecule has 0 spiro atoms. The third-order valence-electron chi connectivity index (χ3n) is 2.33. The summed E-state index contributed by atoms with van der Waals surface area (Å²) in [5.74, 6) is -1.06. The van der Waals surface area contributed by atoms with Crippen LogP contribution in [-0.2, 0) is 0 Å². The van der Waals surface area contributed by atoms with Crippen molar-refractivity contribution in [1.29, 1.82) is 0 Å². The number of hydrogen-bond acceptors (Lipinski definition) is 2. The van der Waals surface area contributed by atoms with Gasteiger partial charge in [-0.05, 0) is 19.1 Å². The van der Waals surface area contributed by atoms with Crippen LogP contribution in [0.15, 0.2) is 12.1 Å². The zero-order valence-electron chi connectivity index (χ0n) is 8.31. The van der Waals surface area contributed by atoms with E-state index in [0.29, 0.717) is 11.3 Å². The highest BCUT2D eigenvalue weighted by molar-refractivity contribution is 6.30. The van der Waals surface area contributed by atoms with E-state index in [2.05, 4.69) is 10.2 Å². The molecule has 3 nitrogen and oxygen atoms in total. The maximum absolute atomic E-state index is 13.6. The zero-order chi connectivity index (χ0) is 11.9. The van der Waals surface area contributed by atoms with E-state index in [4.69, 9.17) is 17.3 Å². The minimum atomic E-state index is -0.689. The van der Waals surface area contributed by atoms with Crippen molar-refractivity contribution in [2.75, 3.05) is 5.73 Å². The smallest absolute Gasteiger partial charge is 0.148 e. The fourth-order valence-corrected chi connectivity index (χ4v) is 1.54. The monoisotopic (exact) mass is 243 g/mol. The van der Waals surface area contributed by atoms with Gasteiger partial charge in [-0.25, -0.2) is 8.78 Å². The lowest BCUT2D eigenvalue weighted by Gasteiger charge is -2.03. The highest BCUT2D eigenvalue weighted by Crippen LogP contribution is 2.29. The molecule has 1 heterocycles. The number of benzene rings is 1. The largest absolute Gasteiger partial charge is 0.382 e. The molecular formula is C10H8ClF2N3. The van der Waals surface area contributed by atoms with E-state index >= 15 is 0 Å². The van der Waals surface area contributed by atoms with Crippen LogP contribution >= 0.6 is 11.6 Å². The van der Waals surface area contributed by atoms with E-state index in [0.717, 1.165) is 12.1 Å². The van der Waals surface area contributed by atoms with E-state index in [1.54, 1.807) is 6.92 Å². The van der Waals surface area contributed by atoms with Crippen molar-refractivity contribution >= 4 is 17.4 Å². The Morgan fingerprint density at radius 3 is 2.56 bits per heavy atom. The van der Waals surface area contributed by atoms with Crippen LogP contribution in [0.4, 0.5) is 14.6 Å². The van der Waals surface area contributed by atoms with Crippen molar-refractivity contribution in [2.45, 2.75) is 6.92 Å². The molecule has 6 heteroatoms. The van der Waals surface area contributed by atoms with E-state index in [9.17, 15) is 8.78 Å². The Balaban J connectivity index is 2.65. The number of aromatic nitrogens is 2. The summed E-state index contributed by atoms with van der Waals surface area (Å²) in [6, 6.07) is 1.93. The van der Waals surface area contributed by atoms with E-state index < -0.39 is 11.6 Å². The number of H-pyrrole nitrogens is 1. The first kappa shape index (κ1) is 10.9. The van der Waals surface area contributed by atoms with E-state index in [-0.39, 0.29) is 16.4 Å². The maximum atomic E-state index is 13.6. The number of nitrogens with zero attached hydrogens (tertiary/aromatic N) is 1. The summed E-state index contributed by atoms with van der Waals surface area (Å²) in [6.45, 7) is 1.67. The standard InChI is InChI=1S/C10H8ClF2N3/c1-4-9(15-16-10(4)14)5-2-8(13)6(11)3-7(5)12/h2-3H,1H3,(H3,14,15,16). The van der Waals surface area contributed by atoms with Gasteiger partial charge in [-0.1, -0.05) is 11.6 Å². The summed E-state index contributed by atoms with van der Waals surface area (Å²) in [4.78, 5) is 0. The fraction of sp³-hybridized carbons (Fsp3) is 0.100. The van der Waals surface area contributed by atoms with Crippen LogP contribution in [0.3, 0.4) is 0 Å². The molecule has 2 aromatic rings. The van der Waals surface area contributed by atoms with Gasteiger partial charge in [-0.3, -0.25) is 5.10 Å². The number of halogens is 3. The number of nitrogens with one attached hydrogen (secondary N) is 1. The molecule has 0 saturated carbocycles. The topological polar surface area (TPSA) is 54.7 Å². The van der Waals surface area contributed by atoms with Crippen molar-refractivity contribution in [3.05, 3.63) is 34.4 Å². The summed E-state index contributed by atoms with van der Waals surface area (Å²) in [5, 5.41) is 6.01. The van der Waals surface area contributed by atoms with Crippen molar-refractivity contribution in [3.8, 4) is 11.3 Å². The van der Waals surface area contributed by atoms with Crippen molar-refractivity contribution < 1.29 is 8.78 Å². The molecule has 1 aromatic heterocycles. The molecule has 0 unspecified atom stereocenters. The summed E-state index contributed by atoms with van der Waals surface area (Å²) < 4.78 is 26.8. The van der Waals surface area contributed by atoms with Crippen molar-refractivity contribution in [1.82, 2.24) is 10.2 Å². The molecule has 0 bridgehead atoms. The quantitative estimate of drug-likeness (QED) is 0.757. The average molecular weight is 244 g/mol. The van der Waals surface area contributed by atoms with Gasteiger partial charge in [-0.15, -0.1) is 0 Å². The number of nitrogens with two attached hydrogens (primary N) is 1. The Labute approximate surface area is 95.2 Å². The molecule has 0 amide bonds. The van der Waals surface area contributed by atoms with Gasteiger partial charge in [0.25, 0.3) is 0 Å². The van der Waals surface area contributed by atoms with E-state index in [1.807, 2.05) is 0 Å². The van der Waals surface area contributed by atoms with Crippen LogP contribution in [0.5, 0.6) is 0 Å². The van der Waals surface area contributed by atoms with Gasteiger partial charge < -0.3 is 5.73 Å². The number of anilines is 1. The second-order valence-corrected chi connectivity index (χ2v) is 3.76. The van der Waals surface area contributed by atoms with Crippen molar-refractivity contribution in [2.24, 2.45) is 0 Å². The molecule has 0 radical (unpaired) electrons. The molecule has 2 rings (SSSR count). The Morgan fingerprint density at radius 2 is 2.00 bits per heavy atom. The minimum absolute atomic E-state index is 0.0589. The van der Waals surface area contributed by atoms with Gasteiger partial charge in [-0.2, -0.15) is 5.10 Å². The minimum Gasteiger partial charge on any atom is -0.382 e. The second-order valence-electron chi connectivity index (χ2n) is 3.36. The molecule has 16 heavy (non-hydrogen) atoms. The first-order valence-corrected chi connectivity index (χ1v) is 4.84. The van der Waals surface area contributed by atoms with Gasteiger partial charge in [0, 0.05) is 11.1 Å². The number of nitrogen functional groups attached to an aromatic ring is 1. The van der Waals surface area contributed by atoms with Crippen LogP contribution in [0, 0.1) is 18.6 Å². The van der Waals surface area contributed by atoms with Gasteiger partial charge in [0.1, 0.15) is 17.5 Å². The maximum Gasteiger partial charge on any atom is 0.148 e. The predicted octanol–water partition coefficient (Wildman–Crippen LogP) is 2.90. The van der Waals surface area contributed by atoms with Crippen LogP contribution < -0.4 is 5.73 Å². The van der Waals surface area contributed by atoms with Gasteiger partial charge in [0.2, 0.25) is 0 Å². The van der Waals surface area contributed by atoms with Gasteiger partial charge >= 0.3 is 0 Å². The first-order chi connectivity index (χ1) is 7.50. The molecule has 0 aliphatic heterocycles. The van der Waals surface area contributed by atoms with Crippen molar-refractivity contribution in [3.63, 3.8) is 0 Å². The molecule has 0 atom stereocenters. The Hall–Kier alpha value is -1.62. The third kappa shape index (κ3) is 1.63. The Morgan fingerprint density at radius 1 is 1.31 bits per heavy atom. The van der Waals surface area contributed by atoms with Crippen LogP contribution in [-0.4, -0.2) is 10.2 Å². The molecule has 3 N–H and O–H groups in total. The lowest BCUT2D eigenvalue weighted by Crippen LogP contribution is -1.91. The molecule has 84 valence electrons. The summed E-state index contributed by atoms with van der Waals surface area (Å²) in [7, 11) is 0. The highest BCUT2D eigenvalue weighted by atomic mass is 35.5. The molecule has 0 fully saturated rings. The molecule has 1 aromatic carbocycles. The number of aromatic amines is 1. The second kappa shape index (κ2) is 3.75. The normalized spacial score (nSPS) is 10.8. The third-order valence-corrected chi connectivity index (χ3v) is 2.62. The van der Waals surface area contributed by atoms with Crippen LogP contribution in [0.25, 0.3) is 11.3 Å². The van der Waals surface area contributed by atoms with Crippen LogP contribution in [0.2, 0.25) is 5.02 Å². The molecule has 0 saturated heterocycles. The fourth-order valence-electron chi connectivity index (χ4n) is 1.39. The Bertz CT molecular complexity index is 551. The van der Waals surface area contributed by atoms with Gasteiger partial charge in [0.15, 0.2) is 0 Å². The first-order valence-electron chi connectivity index (χ1n) is 4.46. The molecule has 0 aliphatic carbocycles. The summed E-state index contributed by atoms with van der Waals surface area (Å²) in [5.41, 5.74) is 6.49. The average Bonchev–Trinajstić information content (AvgIpc) is 2.54. The molecular weight excluding hydrogens is 236 g/mol. The van der Waals surface area contributed by atoms with E-state index in [1.165, 1.54) is 0 Å². The van der Waals surface area contributed by atoms with Crippen LogP contribution in [0.1, 0.15) is 5.56 Å². The zero-order valence-corrected chi connectivity index (χ0v) is 9.07.